The van der Waals surface area contributed by atoms with Crippen molar-refractivity contribution < 1.29 is 19.6 Å². The number of carbonyl (C=O) groups is 1. The summed E-state index contributed by atoms with van der Waals surface area (Å²) < 4.78 is 0. The Bertz CT molecular complexity index is 278. The summed E-state index contributed by atoms with van der Waals surface area (Å²) in [5.41, 5.74) is -0.0882. The van der Waals surface area contributed by atoms with Gasteiger partial charge >= 0.3 is 5.97 Å². The van der Waals surface area contributed by atoms with Crippen LogP contribution in [0.4, 0.5) is 0 Å². The van der Waals surface area contributed by atoms with Crippen LogP contribution < -0.4 is 0 Å². The van der Waals surface area contributed by atoms with E-state index in [9.17, 15) is 4.79 Å². The summed E-state index contributed by atoms with van der Waals surface area (Å²) in [6.07, 6.45) is 5.12. The van der Waals surface area contributed by atoms with Crippen LogP contribution in [0, 0.1) is 5.92 Å². The Morgan fingerprint density at radius 3 is 2.37 bits per heavy atom. The summed E-state index contributed by atoms with van der Waals surface area (Å²) in [4.78, 5) is 21.1. The van der Waals surface area contributed by atoms with E-state index < -0.39 is 11.6 Å². The molecule has 0 aromatic carbocycles. The van der Waals surface area contributed by atoms with Gasteiger partial charge in [-0.15, -0.1) is 0 Å². The smallest absolute Gasteiger partial charge is 0.264 e. The highest BCUT2D eigenvalue weighted by molar-refractivity contribution is 5.87. The van der Waals surface area contributed by atoms with Crippen molar-refractivity contribution in [2.45, 2.75) is 72.3 Å². The number of carbonyl (C=O) groups excluding carboxylic acids is 1. The molecule has 19 heavy (non-hydrogen) atoms. The van der Waals surface area contributed by atoms with Gasteiger partial charge in [0.25, 0.3) is 0 Å². The van der Waals surface area contributed by atoms with Crippen LogP contribution in [0.1, 0.15) is 66.7 Å². The lowest BCUT2D eigenvalue weighted by molar-refractivity contribution is -0.513. The van der Waals surface area contributed by atoms with E-state index in [-0.39, 0.29) is 0 Å². The van der Waals surface area contributed by atoms with Gasteiger partial charge in [-0.05, 0) is 38.1 Å². The minimum absolute atomic E-state index is 0.431. The fourth-order valence-corrected chi connectivity index (χ4v) is 1.58. The fourth-order valence-electron chi connectivity index (χ4n) is 1.58. The number of hydrogen-bond donors (Lipinski definition) is 0. The number of unbranched alkanes of at least 4 members (excludes halogenated alkanes) is 1. The van der Waals surface area contributed by atoms with E-state index in [1.165, 1.54) is 6.42 Å². The van der Waals surface area contributed by atoms with Crippen LogP contribution in [0.5, 0.6) is 0 Å². The van der Waals surface area contributed by atoms with Crippen LogP contribution in [-0.4, -0.2) is 11.6 Å². The van der Waals surface area contributed by atoms with E-state index in [1.54, 1.807) is 20.8 Å². The van der Waals surface area contributed by atoms with Crippen molar-refractivity contribution >= 4 is 5.97 Å². The molecule has 0 N–H and O–H groups in total. The van der Waals surface area contributed by atoms with Gasteiger partial charge in [0.2, 0.25) is 0 Å². The maximum Gasteiger partial charge on any atom is 0.371 e. The van der Waals surface area contributed by atoms with Crippen molar-refractivity contribution in [3.63, 3.8) is 0 Å². The van der Waals surface area contributed by atoms with Crippen LogP contribution >= 0.6 is 0 Å². The minimum atomic E-state index is -0.556. The highest BCUT2D eigenvalue weighted by Gasteiger charge is 2.18. The fraction of sp³-hybridized carbons (Fsp3) is 0.800. The summed E-state index contributed by atoms with van der Waals surface area (Å²) in [5.74, 6) is -0.0808. The topological polar surface area (TPSA) is 44.8 Å². The molecule has 112 valence electrons. The molecule has 1 atom stereocenters. The third-order valence-electron chi connectivity index (χ3n) is 2.76. The zero-order valence-electron chi connectivity index (χ0n) is 13.0. The summed E-state index contributed by atoms with van der Waals surface area (Å²) in [6.45, 7) is 13.4. The Balaban J connectivity index is 4.01. The average Bonchev–Trinajstić information content (AvgIpc) is 2.32. The summed E-state index contributed by atoms with van der Waals surface area (Å²) in [6, 6.07) is 0. The van der Waals surface area contributed by atoms with Gasteiger partial charge in [0.15, 0.2) is 0 Å². The largest absolute Gasteiger partial charge is 0.371 e. The first-order chi connectivity index (χ1) is 8.80. The first kappa shape index (κ1) is 18.1. The molecule has 0 rings (SSSR count). The predicted molar refractivity (Wildman–Crippen MR) is 75.1 cm³/mol. The van der Waals surface area contributed by atoms with Gasteiger partial charge in [-0.3, -0.25) is 4.89 Å². The minimum Gasteiger partial charge on any atom is -0.264 e. The Morgan fingerprint density at radius 1 is 1.26 bits per heavy atom. The molecule has 0 fully saturated rings. The second-order valence-electron chi connectivity index (χ2n) is 5.86. The van der Waals surface area contributed by atoms with E-state index in [0.717, 1.165) is 19.3 Å². The second-order valence-corrected chi connectivity index (χ2v) is 5.86. The Kier molecular flexibility index (Phi) is 8.68. The molecule has 0 saturated heterocycles. The molecule has 4 nitrogen and oxygen atoms in total. The standard InChI is InChI=1S/C15H28O4/c1-7-9-10-13(8-2)11-12(3)14(16)17-19-18-15(4,5)6/h13H,3,7-11H2,1-2,4-6H3. The van der Waals surface area contributed by atoms with E-state index >= 15 is 0 Å². The van der Waals surface area contributed by atoms with Crippen LogP contribution in [0.15, 0.2) is 12.2 Å². The lowest BCUT2D eigenvalue weighted by atomic mass is 9.92. The highest BCUT2D eigenvalue weighted by atomic mass is 17.5. The van der Waals surface area contributed by atoms with Crippen LogP contribution in [0.3, 0.4) is 0 Å². The summed E-state index contributed by atoms with van der Waals surface area (Å²) in [5, 5.41) is 4.47. The van der Waals surface area contributed by atoms with Crippen LogP contribution in [0.2, 0.25) is 0 Å². The molecule has 0 aliphatic carbocycles. The Labute approximate surface area is 117 Å². The Hall–Kier alpha value is -0.870. The molecule has 0 heterocycles. The first-order valence-electron chi connectivity index (χ1n) is 7.04. The summed E-state index contributed by atoms with van der Waals surface area (Å²) in [7, 11) is 0. The van der Waals surface area contributed by atoms with E-state index in [2.05, 4.69) is 30.4 Å². The molecule has 0 spiro atoms. The monoisotopic (exact) mass is 272 g/mol. The Morgan fingerprint density at radius 2 is 1.89 bits per heavy atom. The van der Waals surface area contributed by atoms with E-state index in [0.29, 0.717) is 17.9 Å². The number of hydrogen-bond acceptors (Lipinski definition) is 4. The maximum absolute atomic E-state index is 11.6. The molecule has 0 aromatic heterocycles. The molecule has 1 unspecified atom stereocenters. The maximum atomic E-state index is 11.6. The zero-order chi connectivity index (χ0) is 14.9. The number of rotatable bonds is 9. The van der Waals surface area contributed by atoms with Gasteiger partial charge in [-0.2, -0.15) is 4.89 Å². The molecule has 0 aliphatic heterocycles. The van der Waals surface area contributed by atoms with E-state index in [4.69, 9.17) is 4.89 Å². The van der Waals surface area contributed by atoms with Gasteiger partial charge in [0.05, 0.1) is 5.60 Å². The molecule has 0 saturated carbocycles. The zero-order valence-corrected chi connectivity index (χ0v) is 13.0. The van der Waals surface area contributed by atoms with Crippen molar-refractivity contribution in [2.75, 3.05) is 0 Å². The molecule has 0 amide bonds. The lowest BCUT2D eigenvalue weighted by Crippen LogP contribution is -2.21. The summed E-state index contributed by atoms with van der Waals surface area (Å²) >= 11 is 0. The van der Waals surface area contributed by atoms with Gasteiger partial charge in [-0.25, -0.2) is 4.79 Å². The molecule has 4 heteroatoms. The normalized spacial score (nSPS) is 13.1. The molecule has 0 aromatic rings. The van der Waals surface area contributed by atoms with Crippen LogP contribution in [0.25, 0.3) is 0 Å². The third-order valence-corrected chi connectivity index (χ3v) is 2.76. The SMILES string of the molecule is C=C(CC(CC)CCCC)C(=O)OOOC(C)(C)C. The van der Waals surface area contributed by atoms with Gasteiger partial charge in [-0.1, -0.05) is 46.1 Å². The van der Waals surface area contributed by atoms with Crippen molar-refractivity contribution in [1.82, 2.24) is 0 Å². The van der Waals surface area contributed by atoms with Crippen molar-refractivity contribution in [1.29, 1.82) is 0 Å². The molecular weight excluding hydrogens is 244 g/mol. The molecule has 0 radical (unpaired) electrons. The van der Waals surface area contributed by atoms with Gasteiger partial charge < -0.3 is 0 Å². The van der Waals surface area contributed by atoms with Crippen molar-refractivity contribution in [3.05, 3.63) is 12.2 Å². The highest BCUT2D eigenvalue weighted by Crippen LogP contribution is 2.21. The second kappa shape index (κ2) is 9.10. The predicted octanol–water partition coefficient (Wildman–Crippen LogP) is 4.35. The van der Waals surface area contributed by atoms with Crippen LogP contribution in [-0.2, 0) is 19.6 Å². The molecule has 0 bridgehead atoms. The molecule has 0 aliphatic rings. The van der Waals surface area contributed by atoms with Gasteiger partial charge in [0, 0.05) is 5.57 Å². The van der Waals surface area contributed by atoms with E-state index in [1.807, 2.05) is 0 Å². The lowest BCUT2D eigenvalue weighted by Gasteiger charge is -2.17. The van der Waals surface area contributed by atoms with Gasteiger partial charge in [0.1, 0.15) is 0 Å². The average molecular weight is 272 g/mol. The quantitative estimate of drug-likeness (QED) is 0.355. The third kappa shape index (κ3) is 9.68. The first-order valence-corrected chi connectivity index (χ1v) is 7.04. The van der Waals surface area contributed by atoms with Crippen molar-refractivity contribution in [3.8, 4) is 0 Å². The molecular formula is C15H28O4. The van der Waals surface area contributed by atoms with Crippen molar-refractivity contribution in [2.24, 2.45) is 5.92 Å².